The van der Waals surface area contributed by atoms with Gasteiger partial charge in [-0.2, -0.15) is 0 Å². The molecule has 27 heavy (non-hydrogen) atoms. The van der Waals surface area contributed by atoms with E-state index in [-0.39, 0.29) is 0 Å². The van der Waals surface area contributed by atoms with Crippen LogP contribution in [0.15, 0.2) is 54.6 Å². The summed E-state index contributed by atoms with van der Waals surface area (Å²) in [7, 11) is 0.907. The van der Waals surface area contributed by atoms with Crippen molar-refractivity contribution in [2.45, 2.75) is 58.2 Å². The molecule has 0 aliphatic rings. The number of hydrogen-bond acceptors (Lipinski definition) is 2. The molecule has 0 radical (unpaired) electrons. The van der Waals surface area contributed by atoms with Crippen LogP contribution in [0.4, 0.5) is 0 Å². The predicted octanol–water partition coefficient (Wildman–Crippen LogP) is 6.37. The van der Waals surface area contributed by atoms with Crippen LogP contribution in [-0.2, 0) is 6.42 Å². The van der Waals surface area contributed by atoms with E-state index < -0.39 is 8.24 Å². The molecule has 2 rings (SSSR count). The lowest BCUT2D eigenvalue weighted by Gasteiger charge is -2.44. The number of benzene rings is 2. The zero-order valence-corrected chi connectivity index (χ0v) is 19.1. The molecule has 0 spiro atoms. The Morgan fingerprint density at radius 1 is 0.889 bits per heavy atom. The zero-order valence-electron chi connectivity index (χ0n) is 18.1. The largest absolute Gasteiger partial charge is 0.493 e. The topological polar surface area (TPSA) is 12.5 Å². The first kappa shape index (κ1) is 21.7. The molecule has 148 valence electrons. The lowest BCUT2D eigenvalue weighted by atomic mass is 10.0. The van der Waals surface area contributed by atoms with Crippen LogP contribution in [0.3, 0.4) is 0 Å². The van der Waals surface area contributed by atoms with E-state index in [4.69, 9.17) is 4.74 Å². The normalized spacial score (nSPS) is 12.4. The van der Waals surface area contributed by atoms with Crippen molar-refractivity contribution in [2.75, 3.05) is 20.2 Å². The van der Waals surface area contributed by atoms with Gasteiger partial charge in [-0.25, -0.2) is 0 Å². The van der Waals surface area contributed by atoms with Crippen LogP contribution in [0.25, 0.3) is 0 Å². The van der Waals surface area contributed by atoms with Crippen LogP contribution in [0.1, 0.15) is 44.7 Å². The van der Waals surface area contributed by atoms with Gasteiger partial charge in [0.15, 0.2) is 0 Å². The fraction of sp³-hybridized carbons (Fsp3) is 0.500. The highest BCUT2D eigenvalue weighted by Crippen LogP contribution is 2.37. The van der Waals surface area contributed by atoms with Crippen LogP contribution >= 0.6 is 0 Å². The predicted molar refractivity (Wildman–Crippen MR) is 120 cm³/mol. The summed E-state index contributed by atoms with van der Waals surface area (Å²) in [5.74, 6) is 1.03. The SMILES string of the molecule is CN(CCCCOc1ccccc1Cc1ccccc1)[Si](C)(C)C(C)(C)C. The maximum Gasteiger partial charge on any atom is 0.127 e. The van der Waals surface area contributed by atoms with Crippen molar-refractivity contribution < 1.29 is 4.74 Å². The molecule has 2 nitrogen and oxygen atoms in total. The van der Waals surface area contributed by atoms with E-state index in [0.717, 1.165) is 31.7 Å². The number of rotatable bonds is 9. The first-order valence-corrected chi connectivity index (χ1v) is 13.1. The van der Waals surface area contributed by atoms with Gasteiger partial charge in [0.05, 0.1) is 6.61 Å². The van der Waals surface area contributed by atoms with Gasteiger partial charge >= 0.3 is 0 Å². The third kappa shape index (κ3) is 6.22. The summed E-state index contributed by atoms with van der Waals surface area (Å²) >= 11 is 0. The van der Waals surface area contributed by atoms with Gasteiger partial charge in [-0.1, -0.05) is 82.4 Å². The van der Waals surface area contributed by atoms with E-state index in [1.807, 2.05) is 0 Å². The molecule has 2 aromatic carbocycles. The fourth-order valence-corrected chi connectivity index (χ4v) is 4.95. The summed E-state index contributed by atoms with van der Waals surface area (Å²) in [4.78, 5) is 0. The molecule has 0 saturated heterocycles. The summed E-state index contributed by atoms with van der Waals surface area (Å²) in [5, 5.41) is 0.397. The third-order valence-electron chi connectivity index (χ3n) is 6.15. The average Bonchev–Trinajstić information content (AvgIpc) is 2.62. The summed E-state index contributed by atoms with van der Waals surface area (Å²) in [6.07, 6.45) is 3.20. The number of ether oxygens (including phenoxy) is 1. The van der Waals surface area contributed by atoms with Gasteiger partial charge in [0.2, 0.25) is 0 Å². The van der Waals surface area contributed by atoms with Crippen LogP contribution in [0.2, 0.25) is 18.1 Å². The second-order valence-electron chi connectivity index (χ2n) is 9.06. The molecule has 0 aliphatic carbocycles. The molecular weight excluding hydrogens is 346 g/mol. The summed E-state index contributed by atoms with van der Waals surface area (Å²) in [5.41, 5.74) is 2.59. The minimum Gasteiger partial charge on any atom is -0.493 e. The van der Waals surface area contributed by atoms with Gasteiger partial charge in [-0.3, -0.25) is 0 Å². The van der Waals surface area contributed by atoms with Crippen LogP contribution in [0, 0.1) is 0 Å². The maximum absolute atomic E-state index is 6.14. The Balaban J connectivity index is 1.81. The summed E-state index contributed by atoms with van der Waals surface area (Å²) in [6.45, 7) is 14.0. The minimum atomic E-state index is -1.39. The Kier molecular flexibility index (Phi) is 7.69. The fourth-order valence-electron chi connectivity index (χ4n) is 3.09. The maximum atomic E-state index is 6.14. The van der Waals surface area contributed by atoms with Crippen molar-refractivity contribution >= 4 is 8.24 Å². The third-order valence-corrected chi connectivity index (χ3v) is 11.9. The molecule has 0 N–H and O–H groups in total. The highest BCUT2D eigenvalue weighted by molar-refractivity contribution is 6.77. The molecule has 0 fully saturated rings. The Labute approximate surface area is 167 Å². The van der Waals surface area contributed by atoms with Gasteiger partial charge in [0, 0.05) is 6.42 Å². The van der Waals surface area contributed by atoms with E-state index in [1.165, 1.54) is 17.5 Å². The van der Waals surface area contributed by atoms with E-state index in [9.17, 15) is 0 Å². The molecule has 0 aromatic heterocycles. The van der Waals surface area contributed by atoms with Crippen molar-refractivity contribution in [1.82, 2.24) is 4.57 Å². The standard InChI is InChI=1S/C24H37NOSi/c1-24(2,3)27(5,6)25(4)18-12-13-19-26-23-17-11-10-16-22(23)20-21-14-8-7-9-15-21/h7-11,14-17H,12-13,18-20H2,1-6H3. The van der Waals surface area contributed by atoms with Crippen molar-refractivity contribution in [3.8, 4) is 5.75 Å². The number of nitrogens with zero attached hydrogens (tertiary/aromatic N) is 1. The highest BCUT2D eigenvalue weighted by Gasteiger charge is 2.38. The van der Waals surface area contributed by atoms with E-state index >= 15 is 0 Å². The quantitative estimate of drug-likeness (QED) is 0.368. The highest BCUT2D eigenvalue weighted by atomic mass is 28.3. The monoisotopic (exact) mass is 383 g/mol. The average molecular weight is 384 g/mol. The van der Waals surface area contributed by atoms with Crippen molar-refractivity contribution in [1.29, 1.82) is 0 Å². The number of hydrogen-bond donors (Lipinski definition) is 0. The smallest absolute Gasteiger partial charge is 0.127 e. The summed E-state index contributed by atoms with van der Waals surface area (Å²) < 4.78 is 8.76. The van der Waals surface area contributed by atoms with Gasteiger partial charge in [-0.15, -0.1) is 0 Å². The Morgan fingerprint density at radius 2 is 1.52 bits per heavy atom. The Morgan fingerprint density at radius 3 is 2.19 bits per heavy atom. The van der Waals surface area contributed by atoms with Crippen LogP contribution in [-0.4, -0.2) is 33.0 Å². The summed E-state index contributed by atoms with van der Waals surface area (Å²) in [6, 6.07) is 19.0. The first-order valence-electron chi connectivity index (χ1n) is 10.2. The second kappa shape index (κ2) is 9.56. The molecule has 0 saturated carbocycles. The van der Waals surface area contributed by atoms with Gasteiger partial charge in [0.1, 0.15) is 14.0 Å². The molecule has 0 unspecified atom stereocenters. The van der Waals surface area contributed by atoms with E-state index in [2.05, 4.69) is 100 Å². The van der Waals surface area contributed by atoms with Gasteiger partial charge < -0.3 is 9.30 Å². The molecule has 0 aliphatic heterocycles. The van der Waals surface area contributed by atoms with E-state index in [0.29, 0.717) is 5.04 Å². The molecule has 0 bridgehead atoms. The van der Waals surface area contributed by atoms with Gasteiger partial charge in [-0.05, 0) is 48.7 Å². The van der Waals surface area contributed by atoms with Crippen LogP contribution in [0.5, 0.6) is 5.75 Å². The van der Waals surface area contributed by atoms with E-state index in [1.54, 1.807) is 0 Å². The van der Waals surface area contributed by atoms with Crippen LogP contribution < -0.4 is 4.74 Å². The molecule has 0 atom stereocenters. The second-order valence-corrected chi connectivity index (χ2v) is 14.4. The van der Waals surface area contributed by atoms with Gasteiger partial charge in [0.25, 0.3) is 0 Å². The van der Waals surface area contributed by atoms with Crippen molar-refractivity contribution in [3.05, 3.63) is 65.7 Å². The zero-order chi connectivity index (χ0) is 19.9. The number of unbranched alkanes of at least 4 members (excludes halogenated alkanes) is 1. The molecular formula is C24H37NOSi. The molecule has 2 aromatic rings. The first-order chi connectivity index (χ1) is 12.7. The number of para-hydroxylation sites is 1. The molecule has 0 amide bonds. The minimum absolute atomic E-state index is 0.397. The molecule has 0 heterocycles. The lowest BCUT2D eigenvalue weighted by molar-refractivity contribution is 0.297. The Hall–Kier alpha value is -1.58. The lowest BCUT2D eigenvalue weighted by Crippen LogP contribution is -2.53. The van der Waals surface area contributed by atoms with Crippen molar-refractivity contribution in [3.63, 3.8) is 0 Å². The Bertz CT molecular complexity index is 691. The van der Waals surface area contributed by atoms with Crippen molar-refractivity contribution in [2.24, 2.45) is 0 Å². The molecule has 3 heteroatoms.